The second-order valence-corrected chi connectivity index (χ2v) is 9.10. The molecule has 0 unspecified atom stereocenters. The highest BCUT2D eigenvalue weighted by Crippen LogP contribution is 2.26. The van der Waals surface area contributed by atoms with Crippen molar-refractivity contribution in [2.24, 2.45) is 10.8 Å². The Hall–Kier alpha value is -2.34. The normalized spacial score (nSPS) is 11.6. The summed E-state index contributed by atoms with van der Waals surface area (Å²) < 4.78 is 0. The summed E-state index contributed by atoms with van der Waals surface area (Å²) in [6.45, 7) is 2.27. The number of nitrogens with zero attached hydrogens (tertiary/aromatic N) is 3. The van der Waals surface area contributed by atoms with E-state index in [1.54, 1.807) is 0 Å². The van der Waals surface area contributed by atoms with Gasteiger partial charge in [0.25, 0.3) is 0 Å². The van der Waals surface area contributed by atoms with Crippen molar-refractivity contribution in [3.8, 4) is 0 Å². The van der Waals surface area contributed by atoms with Gasteiger partial charge in [0.2, 0.25) is 0 Å². The highest BCUT2D eigenvalue weighted by atomic mass is 32.1. The van der Waals surface area contributed by atoms with Crippen LogP contribution in [0.3, 0.4) is 0 Å². The number of hydrogen-bond acceptors (Lipinski definition) is 4. The zero-order valence-electron chi connectivity index (χ0n) is 20.2. The van der Waals surface area contributed by atoms with Crippen LogP contribution in [0.1, 0.15) is 108 Å². The third-order valence-corrected chi connectivity index (χ3v) is 5.99. The highest BCUT2D eigenvalue weighted by Gasteiger charge is 2.23. The number of aromatic nitrogens is 2. The molecule has 0 aliphatic rings. The van der Waals surface area contributed by atoms with E-state index in [0.29, 0.717) is 0 Å². The van der Waals surface area contributed by atoms with E-state index in [0.717, 1.165) is 29.9 Å². The molecule has 0 saturated carbocycles. The van der Waals surface area contributed by atoms with Crippen molar-refractivity contribution in [3.63, 3.8) is 0 Å². The summed E-state index contributed by atoms with van der Waals surface area (Å²) in [5.74, 6) is -0.123. The molecule has 6 heteroatoms. The summed E-state index contributed by atoms with van der Waals surface area (Å²) in [5.41, 5.74) is 11.3. The lowest BCUT2D eigenvalue weighted by Gasteiger charge is -2.19. The number of rotatable bonds is 17. The maximum atomic E-state index is 5.67. The lowest BCUT2D eigenvalue weighted by molar-refractivity contribution is 0.545. The lowest BCUT2D eigenvalue weighted by Crippen LogP contribution is -2.28. The average Bonchev–Trinajstić information content (AvgIpc) is 2.84. The molecule has 33 heavy (non-hydrogen) atoms. The second kappa shape index (κ2) is 17.2. The predicted molar refractivity (Wildman–Crippen MR) is 143 cm³/mol. The van der Waals surface area contributed by atoms with Crippen molar-refractivity contribution >= 4 is 23.0 Å². The average molecular weight is 468 g/mol. The molecule has 0 radical (unpaired) electrons. The highest BCUT2D eigenvalue weighted by molar-refractivity contribution is 7.80. The molecule has 3 N–H and O–H groups in total. The number of unbranched alkanes of at least 4 members (excludes halogenated alkanes) is 11. The number of nitrogens with two attached hydrogens (primary N) is 1. The summed E-state index contributed by atoms with van der Waals surface area (Å²) >= 11 is 5.00. The van der Waals surface area contributed by atoms with Gasteiger partial charge in [-0.1, -0.05) is 89.7 Å². The first kappa shape index (κ1) is 26.9. The molecule has 2 rings (SSSR count). The van der Waals surface area contributed by atoms with Crippen molar-refractivity contribution in [2.45, 2.75) is 96.3 Å². The first-order valence-electron chi connectivity index (χ1n) is 12.7. The van der Waals surface area contributed by atoms with Crippen molar-refractivity contribution in [3.05, 3.63) is 60.2 Å². The molecule has 0 saturated heterocycles. The van der Waals surface area contributed by atoms with Gasteiger partial charge in [0, 0.05) is 12.4 Å². The molecule has 0 fully saturated rings. The van der Waals surface area contributed by atoms with Gasteiger partial charge in [-0.05, 0) is 49.3 Å². The van der Waals surface area contributed by atoms with Gasteiger partial charge < -0.3 is 5.73 Å². The fourth-order valence-corrected chi connectivity index (χ4v) is 4.17. The number of hydrogen-bond donors (Lipinski definition) is 2. The molecule has 0 atom stereocenters. The van der Waals surface area contributed by atoms with Gasteiger partial charge in [-0.25, -0.2) is 0 Å². The Morgan fingerprint density at radius 3 is 1.73 bits per heavy atom. The first-order chi connectivity index (χ1) is 16.2. The molecular formula is C27H41N5S. The van der Waals surface area contributed by atoms with Crippen LogP contribution < -0.4 is 11.2 Å². The molecule has 0 aliphatic carbocycles. The Balaban J connectivity index is 1.86. The van der Waals surface area contributed by atoms with Crippen LogP contribution in [-0.2, 0) is 0 Å². The minimum absolute atomic E-state index is 0.123. The molecule has 2 heterocycles. The van der Waals surface area contributed by atoms with Crippen LogP contribution in [0.15, 0.2) is 53.9 Å². The van der Waals surface area contributed by atoms with E-state index in [4.69, 9.17) is 18.0 Å². The summed E-state index contributed by atoms with van der Waals surface area (Å²) in [4.78, 5) is 9.20. The molecule has 0 aromatic carbocycles. The smallest absolute Gasteiger partial charge is 0.184 e. The molecule has 2 aromatic rings. The Labute approximate surface area is 205 Å². The molecule has 2 aromatic heterocycles. The first-order valence-corrected chi connectivity index (χ1v) is 13.1. The zero-order chi connectivity index (χ0) is 23.6. The van der Waals surface area contributed by atoms with Gasteiger partial charge in [0.1, 0.15) is 0 Å². The molecule has 180 valence electrons. The van der Waals surface area contributed by atoms with Gasteiger partial charge >= 0.3 is 0 Å². The van der Waals surface area contributed by atoms with Crippen molar-refractivity contribution in [1.82, 2.24) is 15.4 Å². The third kappa shape index (κ3) is 11.4. The summed E-state index contributed by atoms with van der Waals surface area (Å²) in [6.07, 6.45) is 20.4. The molecule has 0 amide bonds. The van der Waals surface area contributed by atoms with Gasteiger partial charge in [-0.2, -0.15) is 5.10 Å². The van der Waals surface area contributed by atoms with Gasteiger partial charge in [-0.3, -0.25) is 15.4 Å². The molecule has 0 bridgehead atoms. The quantitative estimate of drug-likeness (QED) is 0.115. The Kier molecular flexibility index (Phi) is 14.0. The maximum Gasteiger partial charge on any atom is 0.184 e. The molecule has 0 aliphatic heterocycles. The number of nitrogens with one attached hydrogen (secondary N) is 1. The van der Waals surface area contributed by atoms with Crippen molar-refractivity contribution < 1.29 is 0 Å². The van der Waals surface area contributed by atoms with Gasteiger partial charge in [0.05, 0.1) is 23.0 Å². The Morgan fingerprint density at radius 2 is 1.30 bits per heavy atom. The topological polar surface area (TPSA) is 76.2 Å². The largest absolute Gasteiger partial charge is 0.375 e. The van der Waals surface area contributed by atoms with Crippen molar-refractivity contribution in [1.29, 1.82) is 0 Å². The fraction of sp³-hybridized carbons (Fsp3) is 0.556. The summed E-state index contributed by atoms with van der Waals surface area (Å²) in [5, 5.41) is 4.76. The lowest BCUT2D eigenvalue weighted by atomic mass is 9.91. The monoisotopic (exact) mass is 467 g/mol. The maximum absolute atomic E-state index is 5.67. The standard InChI is InChI=1S/C27H41N5S/c1-2-3-4-5-6-7-8-9-10-11-12-13-20-25(31-32-27(28)33)26(23-18-14-16-21-29-23)24-19-15-17-22-30-24/h14-19,21-22,26H,2-13,20H2,1H3,(H3,28,32,33). The van der Waals surface area contributed by atoms with E-state index >= 15 is 0 Å². The van der Waals surface area contributed by atoms with Crippen molar-refractivity contribution in [2.75, 3.05) is 0 Å². The third-order valence-electron chi connectivity index (χ3n) is 5.90. The molecule has 0 spiro atoms. The number of thiocarbonyl (C=S) groups is 1. The second-order valence-electron chi connectivity index (χ2n) is 8.66. The Bertz CT molecular complexity index is 755. The van der Waals surface area contributed by atoms with Crippen LogP contribution in [-0.4, -0.2) is 20.8 Å². The summed E-state index contributed by atoms with van der Waals surface area (Å²) in [7, 11) is 0. The molecule has 5 nitrogen and oxygen atoms in total. The van der Waals surface area contributed by atoms with Crippen LogP contribution in [0, 0.1) is 0 Å². The SMILES string of the molecule is CCCCCCCCCCCCCCC(=NNC(N)=S)C(c1ccccn1)c1ccccn1. The van der Waals surface area contributed by atoms with E-state index in [-0.39, 0.29) is 11.0 Å². The number of pyridine rings is 2. The minimum atomic E-state index is -0.123. The number of hydrazone groups is 1. The van der Waals surface area contributed by atoms with Gasteiger partial charge in [0.15, 0.2) is 5.11 Å². The predicted octanol–water partition coefficient (Wildman–Crippen LogP) is 6.89. The Morgan fingerprint density at radius 1 is 0.818 bits per heavy atom. The fourth-order valence-electron chi connectivity index (χ4n) is 4.13. The van der Waals surface area contributed by atoms with Crippen LogP contribution in [0.2, 0.25) is 0 Å². The summed E-state index contributed by atoms with van der Waals surface area (Å²) in [6, 6.07) is 11.9. The molecular weight excluding hydrogens is 426 g/mol. The zero-order valence-corrected chi connectivity index (χ0v) is 21.0. The van der Waals surface area contributed by atoms with Crippen LogP contribution >= 0.6 is 12.2 Å². The van der Waals surface area contributed by atoms with E-state index in [2.05, 4.69) is 27.4 Å². The van der Waals surface area contributed by atoms with E-state index < -0.39 is 0 Å². The van der Waals surface area contributed by atoms with Crippen LogP contribution in [0.5, 0.6) is 0 Å². The van der Waals surface area contributed by atoms with E-state index in [1.165, 1.54) is 70.6 Å². The van der Waals surface area contributed by atoms with Crippen LogP contribution in [0.25, 0.3) is 0 Å². The van der Waals surface area contributed by atoms with Crippen LogP contribution in [0.4, 0.5) is 0 Å². The van der Waals surface area contributed by atoms with Gasteiger partial charge in [-0.15, -0.1) is 0 Å². The van der Waals surface area contributed by atoms with E-state index in [1.807, 2.05) is 48.8 Å². The van der Waals surface area contributed by atoms with E-state index in [9.17, 15) is 0 Å². The minimum Gasteiger partial charge on any atom is -0.375 e.